The molecule has 0 bridgehead atoms. The van der Waals surface area contributed by atoms with Gasteiger partial charge in [0.25, 0.3) is 0 Å². The highest BCUT2D eigenvalue weighted by atomic mass is 14.2. The van der Waals surface area contributed by atoms with E-state index in [1.807, 2.05) is 6.92 Å². The molecule has 14 heavy (non-hydrogen) atoms. The van der Waals surface area contributed by atoms with Crippen molar-refractivity contribution in [3.8, 4) is 6.07 Å². The Bertz CT molecular complexity index is 396. The summed E-state index contributed by atoms with van der Waals surface area (Å²) in [5.74, 6) is 0. The predicted molar refractivity (Wildman–Crippen MR) is 59.9 cm³/mol. The third-order valence-electron chi connectivity index (χ3n) is 2.66. The van der Waals surface area contributed by atoms with Gasteiger partial charge in [0.15, 0.2) is 0 Å². The highest BCUT2D eigenvalue weighted by Crippen LogP contribution is 2.20. The summed E-state index contributed by atoms with van der Waals surface area (Å²) in [6, 6.07) is 6.32. The van der Waals surface area contributed by atoms with Crippen LogP contribution in [0, 0.1) is 32.1 Å². The van der Waals surface area contributed by atoms with Crippen molar-refractivity contribution in [3.05, 3.63) is 40.5 Å². The van der Waals surface area contributed by atoms with Crippen molar-refractivity contribution in [3.63, 3.8) is 0 Å². The SMILES string of the molecule is C/C(=C\C#N)c1cc(C)c(C)c(C)c1. The van der Waals surface area contributed by atoms with Gasteiger partial charge in [-0.2, -0.15) is 5.26 Å². The monoisotopic (exact) mass is 185 g/mol. The second-order valence-electron chi connectivity index (χ2n) is 3.69. The molecule has 0 aliphatic carbocycles. The normalized spacial score (nSPS) is 11.2. The number of allylic oxidation sites excluding steroid dienone is 2. The fourth-order valence-corrected chi connectivity index (χ4v) is 1.44. The van der Waals surface area contributed by atoms with Gasteiger partial charge in [0, 0.05) is 6.08 Å². The third-order valence-corrected chi connectivity index (χ3v) is 2.66. The van der Waals surface area contributed by atoms with E-state index in [1.54, 1.807) is 6.08 Å². The van der Waals surface area contributed by atoms with Gasteiger partial charge in [0.2, 0.25) is 0 Å². The zero-order chi connectivity index (χ0) is 10.7. The van der Waals surface area contributed by atoms with Crippen LogP contribution >= 0.6 is 0 Å². The standard InChI is InChI=1S/C13H15N/c1-9(5-6-14)13-7-10(2)12(4)11(3)8-13/h5,7-8H,1-4H3/b9-5+. The Balaban J connectivity index is 3.27. The predicted octanol–water partition coefficient (Wildman–Crippen LogP) is 3.54. The highest BCUT2D eigenvalue weighted by molar-refractivity contribution is 5.67. The highest BCUT2D eigenvalue weighted by Gasteiger charge is 2.01. The number of hydrogen-bond acceptors (Lipinski definition) is 1. The van der Waals surface area contributed by atoms with E-state index in [2.05, 4.69) is 39.0 Å². The maximum atomic E-state index is 8.56. The molecule has 1 aromatic carbocycles. The van der Waals surface area contributed by atoms with E-state index in [0.29, 0.717) is 0 Å². The summed E-state index contributed by atoms with van der Waals surface area (Å²) in [5.41, 5.74) is 6.07. The lowest BCUT2D eigenvalue weighted by Crippen LogP contribution is -1.90. The van der Waals surface area contributed by atoms with Gasteiger partial charge in [-0.25, -0.2) is 0 Å². The van der Waals surface area contributed by atoms with Crippen molar-refractivity contribution in [2.45, 2.75) is 27.7 Å². The molecule has 0 saturated heterocycles. The first kappa shape index (κ1) is 10.5. The van der Waals surface area contributed by atoms with Gasteiger partial charge in [-0.1, -0.05) is 12.1 Å². The maximum Gasteiger partial charge on any atom is 0.0915 e. The lowest BCUT2D eigenvalue weighted by molar-refractivity contribution is 1.25. The van der Waals surface area contributed by atoms with Crippen LogP contribution in [0.15, 0.2) is 18.2 Å². The molecular formula is C13H15N. The van der Waals surface area contributed by atoms with Crippen LogP contribution < -0.4 is 0 Å². The van der Waals surface area contributed by atoms with Crippen LogP contribution in [0.5, 0.6) is 0 Å². The van der Waals surface area contributed by atoms with E-state index >= 15 is 0 Å². The Hall–Kier alpha value is -1.55. The van der Waals surface area contributed by atoms with Crippen LogP contribution in [-0.2, 0) is 0 Å². The molecule has 1 nitrogen and oxygen atoms in total. The van der Waals surface area contributed by atoms with Crippen molar-refractivity contribution in [1.82, 2.24) is 0 Å². The Kier molecular flexibility index (Phi) is 3.09. The van der Waals surface area contributed by atoms with Gasteiger partial charge in [0.1, 0.15) is 0 Å². The number of nitriles is 1. The second-order valence-corrected chi connectivity index (χ2v) is 3.69. The molecule has 0 radical (unpaired) electrons. The third kappa shape index (κ3) is 2.03. The van der Waals surface area contributed by atoms with Gasteiger partial charge in [-0.05, 0) is 55.5 Å². The number of rotatable bonds is 1. The van der Waals surface area contributed by atoms with Crippen LogP contribution in [0.25, 0.3) is 5.57 Å². The molecule has 0 heterocycles. The van der Waals surface area contributed by atoms with E-state index in [0.717, 1.165) is 11.1 Å². The van der Waals surface area contributed by atoms with Gasteiger partial charge in [-0.3, -0.25) is 0 Å². The molecule has 0 aliphatic rings. The smallest absolute Gasteiger partial charge is 0.0915 e. The molecule has 0 spiro atoms. The minimum atomic E-state index is 1.03. The second kappa shape index (κ2) is 4.11. The lowest BCUT2D eigenvalue weighted by Gasteiger charge is -2.08. The molecule has 0 saturated carbocycles. The van der Waals surface area contributed by atoms with E-state index < -0.39 is 0 Å². The summed E-state index contributed by atoms with van der Waals surface area (Å²) < 4.78 is 0. The van der Waals surface area contributed by atoms with E-state index in [1.165, 1.54) is 16.7 Å². The van der Waals surface area contributed by atoms with Crippen LogP contribution in [0.4, 0.5) is 0 Å². The van der Waals surface area contributed by atoms with Crippen LogP contribution in [0.2, 0.25) is 0 Å². The number of nitrogens with zero attached hydrogens (tertiary/aromatic N) is 1. The minimum Gasteiger partial charge on any atom is -0.193 e. The average molecular weight is 185 g/mol. The van der Waals surface area contributed by atoms with Crippen molar-refractivity contribution in [1.29, 1.82) is 5.26 Å². The van der Waals surface area contributed by atoms with Crippen molar-refractivity contribution >= 4 is 5.57 Å². The molecule has 1 aromatic rings. The maximum absolute atomic E-state index is 8.56. The zero-order valence-electron chi connectivity index (χ0n) is 9.18. The summed E-state index contributed by atoms with van der Waals surface area (Å²) in [6.45, 7) is 8.29. The number of hydrogen-bond donors (Lipinski definition) is 0. The average Bonchev–Trinajstić information content (AvgIpc) is 2.13. The molecular weight excluding hydrogens is 170 g/mol. The molecule has 1 rings (SSSR count). The largest absolute Gasteiger partial charge is 0.193 e. The summed E-state index contributed by atoms with van der Waals surface area (Å²) in [7, 11) is 0. The van der Waals surface area contributed by atoms with Crippen molar-refractivity contribution in [2.75, 3.05) is 0 Å². The fourth-order valence-electron chi connectivity index (χ4n) is 1.44. The first-order chi connectivity index (χ1) is 6.56. The van der Waals surface area contributed by atoms with Crippen molar-refractivity contribution in [2.24, 2.45) is 0 Å². The molecule has 1 heteroatoms. The first-order valence-corrected chi connectivity index (χ1v) is 4.71. The van der Waals surface area contributed by atoms with Crippen LogP contribution in [0.3, 0.4) is 0 Å². The summed E-state index contributed by atoms with van der Waals surface area (Å²) in [4.78, 5) is 0. The van der Waals surface area contributed by atoms with E-state index in [-0.39, 0.29) is 0 Å². The molecule has 0 N–H and O–H groups in total. The summed E-state index contributed by atoms with van der Waals surface area (Å²) >= 11 is 0. The number of aryl methyl sites for hydroxylation is 2. The first-order valence-electron chi connectivity index (χ1n) is 4.71. The molecule has 0 aromatic heterocycles. The van der Waals surface area contributed by atoms with Crippen molar-refractivity contribution < 1.29 is 0 Å². The Labute approximate surface area is 85.7 Å². The van der Waals surface area contributed by atoms with Gasteiger partial charge >= 0.3 is 0 Å². The van der Waals surface area contributed by atoms with Crippen LogP contribution in [0.1, 0.15) is 29.2 Å². The zero-order valence-corrected chi connectivity index (χ0v) is 9.18. The molecule has 0 fully saturated rings. The molecule has 0 unspecified atom stereocenters. The van der Waals surface area contributed by atoms with E-state index in [4.69, 9.17) is 5.26 Å². The Morgan fingerprint density at radius 1 is 1.21 bits per heavy atom. The Morgan fingerprint density at radius 3 is 2.14 bits per heavy atom. The van der Waals surface area contributed by atoms with Gasteiger partial charge in [0.05, 0.1) is 6.07 Å². The van der Waals surface area contributed by atoms with Gasteiger partial charge in [-0.15, -0.1) is 0 Å². The van der Waals surface area contributed by atoms with Gasteiger partial charge < -0.3 is 0 Å². The lowest BCUT2D eigenvalue weighted by atomic mass is 9.97. The molecule has 0 aliphatic heterocycles. The minimum absolute atomic E-state index is 1.03. The summed E-state index contributed by atoms with van der Waals surface area (Å²) in [6.07, 6.45) is 1.59. The van der Waals surface area contributed by atoms with Crippen LogP contribution in [-0.4, -0.2) is 0 Å². The molecule has 72 valence electrons. The van der Waals surface area contributed by atoms with E-state index in [9.17, 15) is 0 Å². The topological polar surface area (TPSA) is 23.8 Å². The fraction of sp³-hybridized carbons (Fsp3) is 0.308. The number of benzene rings is 1. The summed E-state index contributed by atoms with van der Waals surface area (Å²) in [5, 5.41) is 8.56. The molecule has 0 amide bonds. The molecule has 0 atom stereocenters. The quantitative estimate of drug-likeness (QED) is 0.614. The Morgan fingerprint density at radius 2 is 1.71 bits per heavy atom.